The van der Waals surface area contributed by atoms with Crippen LogP contribution < -0.4 is 4.74 Å². The predicted molar refractivity (Wildman–Crippen MR) is 83.0 cm³/mol. The number of nitrogens with zero attached hydrogens (tertiary/aromatic N) is 2. The molecule has 0 radical (unpaired) electrons. The molecule has 22 heavy (non-hydrogen) atoms. The number of ether oxygens (including phenoxy) is 1. The van der Waals surface area contributed by atoms with Gasteiger partial charge in [0.2, 0.25) is 5.88 Å². The van der Waals surface area contributed by atoms with E-state index in [9.17, 15) is 9.90 Å². The minimum Gasteiger partial charge on any atom is -0.477 e. The van der Waals surface area contributed by atoms with Crippen molar-refractivity contribution in [2.45, 2.75) is 57.6 Å². The fraction of sp³-hybridized carbons (Fsp3) is 0.647. The van der Waals surface area contributed by atoms with Crippen molar-refractivity contribution in [2.75, 3.05) is 13.2 Å². The van der Waals surface area contributed by atoms with Crippen molar-refractivity contribution in [3.63, 3.8) is 0 Å². The third kappa shape index (κ3) is 2.37. The Morgan fingerprint density at radius 2 is 2.18 bits per heavy atom. The summed E-state index contributed by atoms with van der Waals surface area (Å²) >= 11 is 0. The zero-order valence-corrected chi connectivity index (χ0v) is 13.3. The number of aryl methyl sites for hydroxylation is 1. The summed E-state index contributed by atoms with van der Waals surface area (Å²) in [5.74, 6) is 0.344. The monoisotopic (exact) mass is 304 g/mol. The number of carbonyl (C=O) groups excluding carboxylic acids is 1. The molecule has 1 saturated carbocycles. The van der Waals surface area contributed by atoms with E-state index in [1.165, 1.54) is 0 Å². The number of likely N-dealkylation sites (tertiary alicyclic amines) is 1. The molecule has 120 valence electrons. The minimum absolute atomic E-state index is 0.0607. The standard InChI is InChI=1S/C17H24N2O3/c1-3-22-15-13(7-6-12(2)18-15)16(21)19-11-8-14(20)17(19)9-4-5-10-17/h6-7,14,20H,3-5,8-11H2,1-2H3. The van der Waals surface area contributed by atoms with Gasteiger partial charge in [-0.25, -0.2) is 4.98 Å². The van der Waals surface area contributed by atoms with Crippen LogP contribution in [0, 0.1) is 6.92 Å². The average molecular weight is 304 g/mol. The van der Waals surface area contributed by atoms with Gasteiger partial charge in [-0.1, -0.05) is 12.8 Å². The smallest absolute Gasteiger partial charge is 0.259 e. The Kier molecular flexibility index (Phi) is 4.08. The number of carbonyl (C=O) groups is 1. The number of aromatic nitrogens is 1. The van der Waals surface area contributed by atoms with Crippen molar-refractivity contribution < 1.29 is 14.6 Å². The van der Waals surface area contributed by atoms with E-state index in [1.807, 2.05) is 24.8 Å². The summed E-state index contributed by atoms with van der Waals surface area (Å²) in [4.78, 5) is 19.3. The van der Waals surface area contributed by atoms with E-state index in [1.54, 1.807) is 6.07 Å². The highest BCUT2D eigenvalue weighted by atomic mass is 16.5. The second-order valence-corrected chi connectivity index (χ2v) is 6.31. The highest BCUT2D eigenvalue weighted by Gasteiger charge is 2.51. The molecule has 1 unspecified atom stereocenters. The number of pyridine rings is 1. The molecule has 0 bridgehead atoms. The minimum atomic E-state index is -0.409. The van der Waals surface area contributed by atoms with Crippen LogP contribution >= 0.6 is 0 Å². The lowest BCUT2D eigenvalue weighted by molar-refractivity contribution is 0.0257. The molecule has 1 atom stereocenters. The van der Waals surface area contributed by atoms with Crippen molar-refractivity contribution in [1.29, 1.82) is 0 Å². The number of hydrogen-bond acceptors (Lipinski definition) is 4. The van der Waals surface area contributed by atoms with E-state index >= 15 is 0 Å². The molecule has 1 saturated heterocycles. The molecule has 2 aliphatic rings. The Morgan fingerprint density at radius 1 is 1.45 bits per heavy atom. The highest BCUT2D eigenvalue weighted by Crippen LogP contribution is 2.44. The SMILES string of the molecule is CCOc1nc(C)ccc1C(=O)N1CCC(O)C12CCCC2. The van der Waals surface area contributed by atoms with E-state index in [4.69, 9.17) is 4.74 Å². The van der Waals surface area contributed by atoms with Gasteiger partial charge < -0.3 is 14.7 Å². The maximum Gasteiger partial charge on any atom is 0.259 e. The number of aliphatic hydroxyl groups excluding tert-OH is 1. The van der Waals surface area contributed by atoms with Gasteiger partial charge in [-0.15, -0.1) is 0 Å². The molecule has 3 rings (SSSR count). The van der Waals surface area contributed by atoms with Gasteiger partial charge >= 0.3 is 0 Å². The number of amides is 1. The zero-order valence-electron chi connectivity index (χ0n) is 13.3. The summed E-state index contributed by atoms with van der Waals surface area (Å²) in [5.41, 5.74) is 0.968. The first-order valence-electron chi connectivity index (χ1n) is 8.19. The van der Waals surface area contributed by atoms with E-state index in [2.05, 4.69) is 4.98 Å². The molecule has 1 spiro atoms. The van der Waals surface area contributed by atoms with Gasteiger partial charge in [0.15, 0.2) is 0 Å². The van der Waals surface area contributed by atoms with Crippen LogP contribution in [0.25, 0.3) is 0 Å². The highest BCUT2D eigenvalue weighted by molar-refractivity contribution is 5.97. The first kappa shape index (κ1) is 15.3. The largest absolute Gasteiger partial charge is 0.477 e. The van der Waals surface area contributed by atoms with Crippen molar-refractivity contribution in [3.8, 4) is 5.88 Å². The lowest BCUT2D eigenvalue weighted by Crippen LogP contribution is -2.50. The molecule has 1 aliphatic carbocycles. The number of aliphatic hydroxyl groups is 1. The maximum atomic E-state index is 13.1. The van der Waals surface area contributed by atoms with Crippen LogP contribution in [0.3, 0.4) is 0 Å². The molecule has 1 aromatic rings. The average Bonchev–Trinajstić information content (AvgIpc) is 3.09. The van der Waals surface area contributed by atoms with Gasteiger partial charge in [-0.2, -0.15) is 0 Å². The van der Waals surface area contributed by atoms with Gasteiger partial charge in [-0.3, -0.25) is 4.79 Å². The molecule has 1 aromatic heterocycles. The normalized spacial score (nSPS) is 23.2. The summed E-state index contributed by atoms with van der Waals surface area (Å²) < 4.78 is 5.56. The topological polar surface area (TPSA) is 62.7 Å². The Hall–Kier alpha value is -1.62. The van der Waals surface area contributed by atoms with Crippen molar-refractivity contribution in [1.82, 2.24) is 9.88 Å². The molecule has 5 nitrogen and oxygen atoms in total. The van der Waals surface area contributed by atoms with Gasteiger partial charge in [-0.05, 0) is 45.2 Å². The number of hydrogen-bond donors (Lipinski definition) is 1. The van der Waals surface area contributed by atoms with Gasteiger partial charge in [0.1, 0.15) is 5.56 Å². The molecule has 1 amide bonds. The fourth-order valence-corrected chi connectivity index (χ4v) is 3.90. The first-order valence-corrected chi connectivity index (χ1v) is 8.19. The van der Waals surface area contributed by atoms with Crippen LogP contribution in [-0.2, 0) is 0 Å². The van der Waals surface area contributed by atoms with Gasteiger partial charge in [0.05, 0.1) is 18.2 Å². The third-order valence-electron chi connectivity index (χ3n) is 5.01. The molecular weight excluding hydrogens is 280 g/mol. The molecule has 1 N–H and O–H groups in total. The second kappa shape index (κ2) is 5.88. The van der Waals surface area contributed by atoms with Gasteiger partial charge in [0, 0.05) is 12.2 Å². The summed E-state index contributed by atoms with van der Waals surface area (Å²) in [6.07, 6.45) is 4.19. The summed E-state index contributed by atoms with van der Waals surface area (Å²) in [6, 6.07) is 3.63. The quantitative estimate of drug-likeness (QED) is 0.931. The van der Waals surface area contributed by atoms with E-state index in [0.29, 0.717) is 31.0 Å². The Labute approximate surface area is 131 Å². The Bertz CT molecular complexity index is 567. The van der Waals surface area contributed by atoms with Crippen molar-refractivity contribution >= 4 is 5.91 Å². The number of rotatable bonds is 3. The molecule has 5 heteroatoms. The Balaban J connectivity index is 1.94. The first-order chi connectivity index (χ1) is 10.6. The summed E-state index contributed by atoms with van der Waals surface area (Å²) in [5, 5.41) is 10.4. The van der Waals surface area contributed by atoms with Crippen LogP contribution in [0.4, 0.5) is 0 Å². The van der Waals surface area contributed by atoms with E-state index in [-0.39, 0.29) is 11.4 Å². The van der Waals surface area contributed by atoms with E-state index < -0.39 is 6.10 Å². The molecule has 2 fully saturated rings. The second-order valence-electron chi connectivity index (χ2n) is 6.31. The summed E-state index contributed by atoms with van der Waals surface area (Å²) in [7, 11) is 0. The molecule has 2 heterocycles. The van der Waals surface area contributed by atoms with Crippen LogP contribution in [0.5, 0.6) is 5.88 Å². The third-order valence-corrected chi connectivity index (χ3v) is 5.01. The van der Waals surface area contributed by atoms with Crippen LogP contribution in [0.2, 0.25) is 0 Å². The molecule has 1 aliphatic heterocycles. The van der Waals surface area contributed by atoms with Gasteiger partial charge in [0.25, 0.3) is 5.91 Å². The van der Waals surface area contributed by atoms with Crippen molar-refractivity contribution in [3.05, 3.63) is 23.4 Å². The molecular formula is C17H24N2O3. The Morgan fingerprint density at radius 3 is 2.86 bits per heavy atom. The van der Waals surface area contributed by atoms with Crippen molar-refractivity contribution in [2.24, 2.45) is 0 Å². The lowest BCUT2D eigenvalue weighted by atomic mass is 9.91. The predicted octanol–water partition coefficient (Wildman–Crippen LogP) is 2.31. The van der Waals surface area contributed by atoms with E-state index in [0.717, 1.165) is 31.4 Å². The van der Waals surface area contributed by atoms with Crippen LogP contribution in [0.15, 0.2) is 12.1 Å². The maximum absolute atomic E-state index is 13.1. The zero-order chi connectivity index (χ0) is 15.7. The van der Waals surface area contributed by atoms with Crippen LogP contribution in [-0.4, -0.2) is 45.7 Å². The van der Waals surface area contributed by atoms with Crippen LogP contribution in [0.1, 0.15) is 55.1 Å². The molecule has 0 aromatic carbocycles. The summed E-state index contributed by atoms with van der Waals surface area (Å²) in [6.45, 7) is 4.86. The lowest BCUT2D eigenvalue weighted by Gasteiger charge is -2.37. The fourth-order valence-electron chi connectivity index (χ4n) is 3.90.